The number of aryl methyl sites for hydroxylation is 3. The Morgan fingerprint density at radius 1 is 1.03 bits per heavy atom. The molecule has 0 amide bonds. The van der Waals surface area contributed by atoms with Crippen LogP contribution in [0.1, 0.15) is 39.9 Å². The van der Waals surface area contributed by atoms with E-state index in [-0.39, 0.29) is 19.8 Å². The van der Waals surface area contributed by atoms with Crippen molar-refractivity contribution in [2.45, 2.75) is 33.8 Å². The van der Waals surface area contributed by atoms with E-state index in [1.54, 1.807) is 18.2 Å². The third-order valence-corrected chi connectivity index (χ3v) is 4.84. The number of carbonyl (C=O) groups is 1. The highest BCUT2D eigenvalue weighted by atomic mass is 16.6. The maximum atomic E-state index is 12.4. The topological polar surface area (TPSA) is 80.0 Å². The molecule has 0 fully saturated rings. The van der Waals surface area contributed by atoms with Gasteiger partial charge in [0.25, 0.3) is 0 Å². The third kappa shape index (κ3) is 5.78. The number of hydrogen-bond acceptors (Lipinski definition) is 7. The molecular weight excluding hydrogens is 398 g/mol. The van der Waals surface area contributed by atoms with Crippen LogP contribution in [0.15, 0.2) is 47.0 Å². The fourth-order valence-corrected chi connectivity index (χ4v) is 3.00. The predicted octanol–water partition coefficient (Wildman–Crippen LogP) is 4.68. The first-order valence-corrected chi connectivity index (χ1v) is 10.1. The first-order valence-electron chi connectivity index (χ1n) is 10.1. The fraction of sp³-hybridized carbons (Fsp3) is 0.333. The zero-order valence-electron chi connectivity index (χ0n) is 18.3. The lowest BCUT2D eigenvalue weighted by molar-refractivity contribution is 0.0450. The van der Waals surface area contributed by atoms with E-state index < -0.39 is 5.97 Å². The Bertz CT molecular complexity index is 1010. The average molecular weight is 425 g/mol. The SMILES string of the molecule is CCc1cccc(OCCOC(=O)c2ccc(OCc3c(C)noc3C)c(OC)c2)c1. The molecule has 0 radical (unpaired) electrons. The highest BCUT2D eigenvalue weighted by molar-refractivity contribution is 5.90. The molecule has 0 aliphatic carbocycles. The highest BCUT2D eigenvalue weighted by Crippen LogP contribution is 2.29. The van der Waals surface area contributed by atoms with Crippen molar-refractivity contribution in [3.63, 3.8) is 0 Å². The minimum atomic E-state index is -0.457. The van der Waals surface area contributed by atoms with Crippen LogP contribution in [-0.2, 0) is 17.8 Å². The van der Waals surface area contributed by atoms with Gasteiger partial charge in [-0.05, 0) is 56.2 Å². The van der Waals surface area contributed by atoms with Gasteiger partial charge in [0.1, 0.15) is 31.3 Å². The van der Waals surface area contributed by atoms with Gasteiger partial charge in [-0.25, -0.2) is 4.79 Å². The zero-order chi connectivity index (χ0) is 22.2. The number of hydrogen-bond donors (Lipinski definition) is 0. The second-order valence-corrected chi connectivity index (χ2v) is 6.94. The Morgan fingerprint density at radius 3 is 2.58 bits per heavy atom. The molecule has 3 aromatic rings. The maximum Gasteiger partial charge on any atom is 0.338 e. The standard InChI is InChI=1S/C24H27NO6/c1-5-18-7-6-8-20(13-18)28-11-12-29-24(26)19-9-10-22(23(14-19)27-4)30-15-21-16(2)25-31-17(21)3/h6-10,13-14H,5,11-12,15H2,1-4H3. The molecule has 7 heteroatoms. The fourth-order valence-electron chi connectivity index (χ4n) is 3.00. The van der Waals surface area contributed by atoms with Gasteiger partial charge in [0.2, 0.25) is 0 Å². The summed E-state index contributed by atoms with van der Waals surface area (Å²) in [5.74, 6) is 1.96. The molecule has 0 saturated heterocycles. The Kier molecular flexibility index (Phi) is 7.54. The lowest BCUT2D eigenvalue weighted by atomic mass is 10.2. The van der Waals surface area contributed by atoms with Gasteiger partial charge in [-0.1, -0.05) is 24.2 Å². The van der Waals surface area contributed by atoms with Crippen LogP contribution in [0.5, 0.6) is 17.2 Å². The number of nitrogens with zero attached hydrogens (tertiary/aromatic N) is 1. The van der Waals surface area contributed by atoms with Gasteiger partial charge in [-0.3, -0.25) is 0 Å². The van der Waals surface area contributed by atoms with Crippen LogP contribution in [0.25, 0.3) is 0 Å². The maximum absolute atomic E-state index is 12.4. The normalized spacial score (nSPS) is 10.6. The van der Waals surface area contributed by atoms with E-state index in [0.29, 0.717) is 22.8 Å². The summed E-state index contributed by atoms with van der Waals surface area (Å²) in [6.07, 6.45) is 0.936. The largest absolute Gasteiger partial charge is 0.493 e. The third-order valence-electron chi connectivity index (χ3n) is 4.84. The molecule has 7 nitrogen and oxygen atoms in total. The van der Waals surface area contributed by atoms with Crippen molar-refractivity contribution in [3.8, 4) is 17.2 Å². The Balaban J connectivity index is 1.53. The molecule has 164 valence electrons. The van der Waals surface area contributed by atoms with Crippen molar-refractivity contribution < 1.29 is 28.3 Å². The van der Waals surface area contributed by atoms with Crippen LogP contribution in [0.4, 0.5) is 0 Å². The van der Waals surface area contributed by atoms with Gasteiger partial charge in [0, 0.05) is 0 Å². The smallest absolute Gasteiger partial charge is 0.338 e. The van der Waals surface area contributed by atoms with Crippen molar-refractivity contribution in [3.05, 3.63) is 70.6 Å². The summed E-state index contributed by atoms with van der Waals surface area (Å²) in [4.78, 5) is 12.4. The average Bonchev–Trinajstić information content (AvgIpc) is 3.12. The van der Waals surface area contributed by atoms with Crippen molar-refractivity contribution in [1.82, 2.24) is 5.16 Å². The molecule has 31 heavy (non-hydrogen) atoms. The molecule has 3 rings (SSSR count). The molecule has 0 aliphatic heterocycles. The molecule has 0 N–H and O–H groups in total. The summed E-state index contributed by atoms with van der Waals surface area (Å²) >= 11 is 0. The van der Waals surface area contributed by atoms with Gasteiger partial charge in [-0.15, -0.1) is 0 Å². The number of aromatic nitrogens is 1. The van der Waals surface area contributed by atoms with Crippen LogP contribution < -0.4 is 14.2 Å². The zero-order valence-corrected chi connectivity index (χ0v) is 18.3. The van der Waals surface area contributed by atoms with Crippen LogP contribution >= 0.6 is 0 Å². The molecule has 0 atom stereocenters. The van der Waals surface area contributed by atoms with E-state index >= 15 is 0 Å². The number of carbonyl (C=O) groups excluding carboxylic acids is 1. The molecular formula is C24H27NO6. The number of ether oxygens (including phenoxy) is 4. The van der Waals surface area contributed by atoms with E-state index in [9.17, 15) is 4.79 Å². The second-order valence-electron chi connectivity index (χ2n) is 6.94. The van der Waals surface area contributed by atoms with Crippen LogP contribution in [0, 0.1) is 13.8 Å². The van der Waals surface area contributed by atoms with E-state index in [1.165, 1.54) is 12.7 Å². The first kappa shape index (κ1) is 22.2. The summed E-state index contributed by atoms with van der Waals surface area (Å²) in [5.41, 5.74) is 3.23. The summed E-state index contributed by atoms with van der Waals surface area (Å²) in [7, 11) is 1.52. The molecule has 0 bridgehead atoms. The lowest BCUT2D eigenvalue weighted by Crippen LogP contribution is -2.12. The summed E-state index contributed by atoms with van der Waals surface area (Å²) in [5, 5.41) is 3.91. The van der Waals surface area contributed by atoms with E-state index in [0.717, 1.165) is 23.4 Å². The van der Waals surface area contributed by atoms with E-state index in [4.69, 9.17) is 23.5 Å². The quantitative estimate of drug-likeness (QED) is 0.345. The number of esters is 1. The van der Waals surface area contributed by atoms with Crippen LogP contribution in [-0.4, -0.2) is 31.4 Å². The molecule has 0 aliphatic rings. The van der Waals surface area contributed by atoms with Gasteiger partial charge >= 0.3 is 5.97 Å². The number of methoxy groups -OCH3 is 1. The second kappa shape index (κ2) is 10.5. The van der Waals surface area contributed by atoms with Crippen LogP contribution in [0.3, 0.4) is 0 Å². The molecule has 0 saturated carbocycles. The summed E-state index contributed by atoms with van der Waals surface area (Å²) in [6.45, 7) is 6.48. The predicted molar refractivity (Wildman–Crippen MR) is 115 cm³/mol. The monoisotopic (exact) mass is 425 g/mol. The van der Waals surface area contributed by atoms with Gasteiger partial charge < -0.3 is 23.5 Å². The Morgan fingerprint density at radius 2 is 1.87 bits per heavy atom. The van der Waals surface area contributed by atoms with Crippen molar-refractivity contribution >= 4 is 5.97 Å². The molecule has 1 heterocycles. The van der Waals surface area contributed by atoms with E-state index in [1.807, 2.05) is 38.1 Å². The van der Waals surface area contributed by atoms with Crippen molar-refractivity contribution in [2.75, 3.05) is 20.3 Å². The van der Waals surface area contributed by atoms with Gasteiger partial charge in [0.05, 0.1) is 23.9 Å². The number of rotatable bonds is 10. The number of benzene rings is 2. The van der Waals surface area contributed by atoms with Crippen molar-refractivity contribution in [1.29, 1.82) is 0 Å². The Labute approximate surface area is 181 Å². The molecule has 2 aromatic carbocycles. The van der Waals surface area contributed by atoms with Gasteiger partial charge in [-0.2, -0.15) is 0 Å². The molecule has 1 aromatic heterocycles. The Hall–Kier alpha value is -3.48. The van der Waals surface area contributed by atoms with Crippen LogP contribution in [0.2, 0.25) is 0 Å². The summed E-state index contributed by atoms with van der Waals surface area (Å²) in [6, 6.07) is 12.8. The first-order chi connectivity index (χ1) is 15.0. The molecule has 0 spiro atoms. The highest BCUT2D eigenvalue weighted by Gasteiger charge is 2.15. The van der Waals surface area contributed by atoms with Gasteiger partial charge in [0.15, 0.2) is 11.5 Å². The minimum Gasteiger partial charge on any atom is -0.493 e. The van der Waals surface area contributed by atoms with E-state index in [2.05, 4.69) is 12.1 Å². The lowest BCUT2D eigenvalue weighted by Gasteiger charge is -2.12. The van der Waals surface area contributed by atoms with Crippen molar-refractivity contribution in [2.24, 2.45) is 0 Å². The molecule has 0 unspecified atom stereocenters. The minimum absolute atomic E-state index is 0.141. The summed E-state index contributed by atoms with van der Waals surface area (Å²) < 4.78 is 27.3.